The first-order chi connectivity index (χ1) is 14.7. The van der Waals surface area contributed by atoms with Gasteiger partial charge in [0.25, 0.3) is 5.91 Å². The summed E-state index contributed by atoms with van der Waals surface area (Å²) in [4.78, 5) is 24.8. The minimum Gasteiger partial charge on any atom is -0.449 e. The Morgan fingerprint density at radius 3 is 2.39 bits per heavy atom. The van der Waals surface area contributed by atoms with Crippen molar-refractivity contribution in [2.45, 2.75) is 17.9 Å². The molecule has 1 heterocycles. The maximum Gasteiger partial charge on any atom is 0.338 e. The molecule has 1 fully saturated rings. The summed E-state index contributed by atoms with van der Waals surface area (Å²) in [5.74, 6) is -1.36. The number of hydrogen-bond acceptors (Lipinski definition) is 6. The number of carbonyl (C=O) groups is 2. The van der Waals surface area contributed by atoms with Crippen LogP contribution >= 0.6 is 23.2 Å². The monoisotopic (exact) mass is 486 g/mol. The number of nitrogens with zero attached hydrogens (tertiary/aromatic N) is 1. The highest BCUT2D eigenvalue weighted by Crippen LogP contribution is 2.25. The summed E-state index contributed by atoms with van der Waals surface area (Å²) < 4.78 is 37.0. The van der Waals surface area contributed by atoms with Crippen LogP contribution in [0.5, 0.6) is 0 Å². The van der Waals surface area contributed by atoms with E-state index in [0.29, 0.717) is 23.9 Å². The van der Waals surface area contributed by atoms with Gasteiger partial charge < -0.3 is 14.8 Å². The maximum atomic E-state index is 12.6. The van der Waals surface area contributed by atoms with E-state index in [1.54, 1.807) is 6.07 Å². The standard InChI is InChI=1S/C20H20Cl2N2O6S/c1-13(19(25)23-18-12-15(21)4-7-17(18)22)30-20(26)14-2-5-16(6-3-14)31(27,28)24-8-10-29-11-9-24/h2-7,12-13H,8-11H2,1H3,(H,23,25)/t13-/m1/s1. The number of halogens is 2. The fourth-order valence-electron chi connectivity index (χ4n) is 2.81. The zero-order valence-electron chi connectivity index (χ0n) is 16.5. The third-order valence-corrected chi connectivity index (χ3v) is 7.01. The van der Waals surface area contributed by atoms with Crippen molar-refractivity contribution in [1.29, 1.82) is 0 Å². The zero-order valence-corrected chi connectivity index (χ0v) is 18.8. The van der Waals surface area contributed by atoms with E-state index in [1.807, 2.05) is 0 Å². The molecule has 2 aromatic carbocycles. The van der Waals surface area contributed by atoms with Crippen molar-refractivity contribution in [3.63, 3.8) is 0 Å². The predicted octanol–water partition coefficient (Wildman–Crippen LogP) is 3.20. The molecule has 0 radical (unpaired) electrons. The predicted molar refractivity (Wildman–Crippen MR) is 116 cm³/mol. The van der Waals surface area contributed by atoms with E-state index in [4.69, 9.17) is 32.7 Å². The summed E-state index contributed by atoms with van der Waals surface area (Å²) >= 11 is 11.9. The van der Waals surface area contributed by atoms with Gasteiger partial charge in [0.15, 0.2) is 6.10 Å². The molecule has 0 aromatic heterocycles. The molecule has 1 atom stereocenters. The summed E-state index contributed by atoms with van der Waals surface area (Å²) in [5, 5.41) is 3.22. The SMILES string of the molecule is C[C@@H](OC(=O)c1ccc(S(=O)(=O)N2CCOCC2)cc1)C(=O)Nc1cc(Cl)ccc1Cl. The smallest absolute Gasteiger partial charge is 0.338 e. The highest BCUT2D eigenvalue weighted by atomic mass is 35.5. The van der Waals surface area contributed by atoms with Gasteiger partial charge in [0.05, 0.1) is 34.4 Å². The molecule has 1 saturated heterocycles. The number of rotatable bonds is 6. The fourth-order valence-corrected chi connectivity index (χ4v) is 4.55. The number of hydrogen-bond donors (Lipinski definition) is 1. The molecule has 1 aliphatic rings. The lowest BCUT2D eigenvalue weighted by atomic mass is 10.2. The Morgan fingerprint density at radius 2 is 1.74 bits per heavy atom. The van der Waals surface area contributed by atoms with Crippen molar-refractivity contribution >= 4 is 50.8 Å². The second kappa shape index (κ2) is 9.97. The van der Waals surface area contributed by atoms with E-state index in [-0.39, 0.29) is 28.6 Å². The van der Waals surface area contributed by atoms with Crippen LogP contribution in [-0.2, 0) is 24.3 Å². The number of anilines is 1. The van der Waals surface area contributed by atoms with Crippen LogP contribution < -0.4 is 5.32 Å². The summed E-state index contributed by atoms with van der Waals surface area (Å²) in [6.07, 6.45) is -1.13. The number of morpholine rings is 1. The molecular formula is C20H20Cl2N2O6S. The zero-order chi connectivity index (χ0) is 22.6. The van der Waals surface area contributed by atoms with Crippen molar-refractivity contribution in [3.05, 3.63) is 58.1 Å². The molecule has 166 valence electrons. The molecule has 2 aromatic rings. The van der Waals surface area contributed by atoms with Gasteiger partial charge in [-0.15, -0.1) is 0 Å². The van der Waals surface area contributed by atoms with Gasteiger partial charge in [-0.05, 0) is 49.4 Å². The summed E-state index contributed by atoms with van der Waals surface area (Å²) in [6.45, 7) is 2.63. The van der Waals surface area contributed by atoms with Crippen LogP contribution in [0.25, 0.3) is 0 Å². The van der Waals surface area contributed by atoms with E-state index in [1.165, 1.54) is 47.6 Å². The first-order valence-electron chi connectivity index (χ1n) is 9.33. The van der Waals surface area contributed by atoms with E-state index >= 15 is 0 Å². The summed E-state index contributed by atoms with van der Waals surface area (Å²) in [5.41, 5.74) is 0.404. The van der Waals surface area contributed by atoms with Crippen molar-refractivity contribution < 1.29 is 27.5 Å². The number of carbonyl (C=O) groups excluding carboxylic acids is 2. The highest BCUT2D eigenvalue weighted by Gasteiger charge is 2.27. The van der Waals surface area contributed by atoms with Crippen LogP contribution in [0.4, 0.5) is 5.69 Å². The Balaban J connectivity index is 1.63. The average molecular weight is 487 g/mol. The van der Waals surface area contributed by atoms with Crippen molar-refractivity contribution in [2.24, 2.45) is 0 Å². The molecule has 0 aliphatic carbocycles. The normalized spacial score (nSPS) is 15.8. The number of benzene rings is 2. The van der Waals surface area contributed by atoms with Crippen LogP contribution in [0.15, 0.2) is 47.4 Å². The Kier molecular flexibility index (Phi) is 7.55. The largest absolute Gasteiger partial charge is 0.449 e. The van der Waals surface area contributed by atoms with Crippen LogP contribution in [-0.4, -0.2) is 57.0 Å². The summed E-state index contributed by atoms with van der Waals surface area (Å²) in [6, 6.07) is 9.93. The molecule has 3 rings (SSSR count). The van der Waals surface area contributed by atoms with Gasteiger partial charge in [0.1, 0.15) is 0 Å². The van der Waals surface area contributed by atoms with Crippen molar-refractivity contribution in [2.75, 3.05) is 31.6 Å². The fraction of sp³-hybridized carbons (Fsp3) is 0.300. The number of ether oxygens (including phenoxy) is 2. The Bertz CT molecular complexity index is 1070. The molecule has 0 unspecified atom stereocenters. The van der Waals surface area contributed by atoms with E-state index < -0.39 is 28.0 Å². The highest BCUT2D eigenvalue weighted by molar-refractivity contribution is 7.89. The molecule has 0 bridgehead atoms. The maximum absolute atomic E-state index is 12.6. The Labute approximate surface area is 190 Å². The third kappa shape index (κ3) is 5.75. The number of amides is 1. The molecule has 31 heavy (non-hydrogen) atoms. The van der Waals surface area contributed by atoms with Crippen LogP contribution in [0.1, 0.15) is 17.3 Å². The Hall–Kier alpha value is -2.17. The number of esters is 1. The van der Waals surface area contributed by atoms with Crippen molar-refractivity contribution in [3.8, 4) is 0 Å². The van der Waals surface area contributed by atoms with Crippen molar-refractivity contribution in [1.82, 2.24) is 4.31 Å². The molecule has 11 heteroatoms. The van der Waals surface area contributed by atoms with Crippen LogP contribution in [0, 0.1) is 0 Å². The van der Waals surface area contributed by atoms with Gasteiger partial charge in [-0.2, -0.15) is 4.31 Å². The average Bonchev–Trinajstić information content (AvgIpc) is 2.76. The second-order valence-corrected chi connectivity index (χ2v) is 9.48. The van der Waals surface area contributed by atoms with E-state index in [9.17, 15) is 18.0 Å². The number of sulfonamides is 1. The molecule has 1 aliphatic heterocycles. The lowest BCUT2D eigenvalue weighted by Crippen LogP contribution is -2.40. The van der Waals surface area contributed by atoms with Gasteiger partial charge in [0, 0.05) is 18.1 Å². The summed E-state index contributed by atoms with van der Waals surface area (Å²) in [7, 11) is -3.67. The lowest BCUT2D eigenvalue weighted by molar-refractivity contribution is -0.123. The van der Waals surface area contributed by atoms with E-state index in [0.717, 1.165) is 0 Å². The van der Waals surface area contributed by atoms with E-state index in [2.05, 4.69) is 5.32 Å². The lowest BCUT2D eigenvalue weighted by Gasteiger charge is -2.26. The first-order valence-corrected chi connectivity index (χ1v) is 11.5. The first kappa shape index (κ1) is 23.5. The van der Waals surface area contributed by atoms with Gasteiger partial charge in [0.2, 0.25) is 10.0 Å². The number of nitrogens with one attached hydrogen (secondary N) is 1. The van der Waals surface area contributed by atoms with Gasteiger partial charge in [-0.1, -0.05) is 23.2 Å². The Morgan fingerprint density at radius 1 is 1.10 bits per heavy atom. The van der Waals surface area contributed by atoms with Crippen LogP contribution in [0.2, 0.25) is 10.0 Å². The third-order valence-electron chi connectivity index (χ3n) is 4.54. The molecular weight excluding hydrogens is 467 g/mol. The minimum atomic E-state index is -3.67. The quantitative estimate of drug-likeness (QED) is 0.628. The van der Waals surface area contributed by atoms with Gasteiger partial charge >= 0.3 is 5.97 Å². The second-order valence-electron chi connectivity index (χ2n) is 6.70. The van der Waals surface area contributed by atoms with Gasteiger partial charge in [-0.25, -0.2) is 13.2 Å². The molecule has 8 nitrogen and oxygen atoms in total. The molecule has 1 N–H and O–H groups in total. The molecule has 0 saturated carbocycles. The minimum absolute atomic E-state index is 0.0624. The molecule has 1 amide bonds. The van der Waals surface area contributed by atoms with Crippen LogP contribution in [0.3, 0.4) is 0 Å². The topological polar surface area (TPSA) is 102 Å². The van der Waals surface area contributed by atoms with Gasteiger partial charge in [-0.3, -0.25) is 4.79 Å². The molecule has 0 spiro atoms.